The summed E-state index contributed by atoms with van der Waals surface area (Å²) in [6, 6.07) is 14.9. The van der Waals surface area contributed by atoms with Crippen LogP contribution in [0.5, 0.6) is 0 Å². The van der Waals surface area contributed by atoms with E-state index in [0.717, 1.165) is 11.1 Å². The first-order valence-corrected chi connectivity index (χ1v) is 7.05. The van der Waals surface area contributed by atoms with Crippen LogP contribution in [0.15, 0.2) is 46.9 Å². The Kier molecular flexibility index (Phi) is 4.75. The second-order valence-corrected chi connectivity index (χ2v) is 5.41. The lowest BCUT2D eigenvalue weighted by Crippen LogP contribution is -2.11. The zero-order chi connectivity index (χ0) is 14.5. The van der Waals surface area contributed by atoms with Crippen LogP contribution >= 0.6 is 15.9 Å². The van der Waals surface area contributed by atoms with E-state index < -0.39 is 0 Å². The van der Waals surface area contributed by atoms with E-state index in [1.54, 1.807) is 6.07 Å². The molecule has 20 heavy (non-hydrogen) atoms. The molecule has 0 aliphatic heterocycles. The third-order valence-electron chi connectivity index (χ3n) is 3.09. The van der Waals surface area contributed by atoms with Gasteiger partial charge >= 0.3 is 0 Å². The fraction of sp³-hybridized carbons (Fsp3) is 0.188. The van der Waals surface area contributed by atoms with Crippen LogP contribution in [0.4, 0.5) is 10.1 Å². The first-order valence-electron chi connectivity index (χ1n) is 6.26. The molecule has 0 fully saturated rings. The summed E-state index contributed by atoms with van der Waals surface area (Å²) in [5.74, 6) is -0.318. The maximum absolute atomic E-state index is 13.6. The van der Waals surface area contributed by atoms with Crippen LogP contribution in [-0.2, 0) is 0 Å². The minimum atomic E-state index is -0.318. The van der Waals surface area contributed by atoms with E-state index >= 15 is 0 Å². The van der Waals surface area contributed by atoms with Crippen molar-refractivity contribution in [2.45, 2.75) is 19.4 Å². The standard InChI is InChI=1S/C16H14BrFN2/c1-11-9-13(17)14(18)10-16(11)20-15(7-8-19)12-5-3-2-4-6-12/h2-6,9-10,15,20H,7H2,1H3. The fourth-order valence-electron chi connectivity index (χ4n) is 2.02. The van der Waals surface area contributed by atoms with Crippen molar-refractivity contribution in [3.05, 3.63) is 63.9 Å². The molecule has 102 valence electrons. The van der Waals surface area contributed by atoms with Gasteiger partial charge in [-0.05, 0) is 46.1 Å². The Labute approximate surface area is 126 Å². The van der Waals surface area contributed by atoms with Crippen molar-refractivity contribution in [2.24, 2.45) is 0 Å². The van der Waals surface area contributed by atoms with Crippen LogP contribution in [0.2, 0.25) is 0 Å². The number of hydrogen-bond donors (Lipinski definition) is 1. The number of nitriles is 1. The summed E-state index contributed by atoms with van der Waals surface area (Å²) in [6.45, 7) is 1.90. The summed E-state index contributed by atoms with van der Waals surface area (Å²) in [5, 5.41) is 12.2. The molecule has 0 saturated heterocycles. The lowest BCUT2D eigenvalue weighted by Gasteiger charge is -2.19. The number of anilines is 1. The summed E-state index contributed by atoms with van der Waals surface area (Å²) in [5.41, 5.74) is 2.64. The molecule has 4 heteroatoms. The van der Waals surface area contributed by atoms with E-state index in [9.17, 15) is 4.39 Å². The topological polar surface area (TPSA) is 35.8 Å². The SMILES string of the molecule is Cc1cc(Br)c(F)cc1NC(CC#N)c1ccccc1. The minimum Gasteiger partial charge on any atom is -0.377 e. The van der Waals surface area contributed by atoms with Crippen LogP contribution < -0.4 is 5.32 Å². The van der Waals surface area contributed by atoms with Gasteiger partial charge in [0.05, 0.1) is 23.0 Å². The predicted octanol–water partition coefficient (Wildman–Crippen LogP) is 4.96. The largest absolute Gasteiger partial charge is 0.377 e. The molecule has 2 aromatic rings. The van der Waals surface area contributed by atoms with E-state index in [2.05, 4.69) is 27.3 Å². The van der Waals surface area contributed by atoms with Crippen molar-refractivity contribution in [1.29, 1.82) is 5.26 Å². The van der Waals surface area contributed by atoms with Gasteiger partial charge in [-0.3, -0.25) is 0 Å². The second-order valence-electron chi connectivity index (χ2n) is 4.55. The Morgan fingerprint density at radius 1 is 1.30 bits per heavy atom. The number of nitrogens with one attached hydrogen (secondary N) is 1. The summed E-state index contributed by atoms with van der Waals surface area (Å²) < 4.78 is 14.1. The Morgan fingerprint density at radius 2 is 2.00 bits per heavy atom. The van der Waals surface area contributed by atoms with Crippen molar-refractivity contribution in [1.82, 2.24) is 0 Å². The molecule has 0 amide bonds. The summed E-state index contributed by atoms with van der Waals surface area (Å²) in [7, 11) is 0. The van der Waals surface area contributed by atoms with Crippen molar-refractivity contribution in [2.75, 3.05) is 5.32 Å². The normalized spacial score (nSPS) is 11.7. The van der Waals surface area contributed by atoms with Crippen LogP contribution in [0.3, 0.4) is 0 Å². The molecular formula is C16H14BrFN2. The molecule has 0 spiro atoms. The highest BCUT2D eigenvalue weighted by Gasteiger charge is 2.13. The molecule has 0 heterocycles. The average Bonchev–Trinajstić information content (AvgIpc) is 2.45. The van der Waals surface area contributed by atoms with Crippen molar-refractivity contribution < 1.29 is 4.39 Å². The molecule has 2 aromatic carbocycles. The van der Waals surface area contributed by atoms with E-state index in [1.165, 1.54) is 6.07 Å². The zero-order valence-electron chi connectivity index (χ0n) is 11.0. The van der Waals surface area contributed by atoms with Gasteiger partial charge in [0, 0.05) is 5.69 Å². The van der Waals surface area contributed by atoms with Gasteiger partial charge in [0.1, 0.15) is 5.82 Å². The molecule has 1 N–H and O–H groups in total. The first kappa shape index (κ1) is 14.5. The first-order chi connectivity index (χ1) is 9.61. The molecule has 0 aromatic heterocycles. The highest BCUT2D eigenvalue weighted by atomic mass is 79.9. The zero-order valence-corrected chi connectivity index (χ0v) is 12.6. The smallest absolute Gasteiger partial charge is 0.139 e. The number of halogens is 2. The van der Waals surface area contributed by atoms with Crippen LogP contribution in [0.1, 0.15) is 23.6 Å². The van der Waals surface area contributed by atoms with E-state index in [1.807, 2.05) is 37.3 Å². The van der Waals surface area contributed by atoms with Crippen LogP contribution in [0, 0.1) is 24.1 Å². The van der Waals surface area contributed by atoms with Gasteiger partial charge in [0.2, 0.25) is 0 Å². The molecule has 0 bridgehead atoms. The van der Waals surface area contributed by atoms with Gasteiger partial charge in [-0.15, -0.1) is 0 Å². The Balaban J connectivity index is 2.30. The Hall–Kier alpha value is -1.86. The molecule has 0 aliphatic carbocycles. The maximum Gasteiger partial charge on any atom is 0.139 e. The average molecular weight is 333 g/mol. The monoisotopic (exact) mass is 332 g/mol. The molecule has 2 rings (SSSR count). The van der Waals surface area contributed by atoms with Crippen molar-refractivity contribution >= 4 is 21.6 Å². The van der Waals surface area contributed by atoms with Gasteiger partial charge in [-0.25, -0.2) is 4.39 Å². The lowest BCUT2D eigenvalue weighted by atomic mass is 10.0. The molecule has 0 radical (unpaired) electrons. The summed E-state index contributed by atoms with van der Waals surface area (Å²) in [4.78, 5) is 0. The fourth-order valence-corrected chi connectivity index (χ4v) is 2.48. The number of aryl methyl sites for hydroxylation is 1. The number of hydrogen-bond acceptors (Lipinski definition) is 2. The number of rotatable bonds is 4. The third kappa shape index (κ3) is 3.37. The molecule has 1 unspecified atom stereocenters. The molecule has 0 saturated carbocycles. The highest BCUT2D eigenvalue weighted by molar-refractivity contribution is 9.10. The van der Waals surface area contributed by atoms with Gasteiger partial charge < -0.3 is 5.32 Å². The van der Waals surface area contributed by atoms with Gasteiger partial charge in [-0.2, -0.15) is 5.26 Å². The quantitative estimate of drug-likeness (QED) is 0.858. The predicted molar refractivity (Wildman–Crippen MR) is 81.9 cm³/mol. The van der Waals surface area contributed by atoms with E-state index in [-0.39, 0.29) is 11.9 Å². The third-order valence-corrected chi connectivity index (χ3v) is 3.70. The van der Waals surface area contributed by atoms with E-state index in [4.69, 9.17) is 5.26 Å². The van der Waals surface area contributed by atoms with Crippen molar-refractivity contribution in [3.63, 3.8) is 0 Å². The van der Waals surface area contributed by atoms with Crippen molar-refractivity contribution in [3.8, 4) is 6.07 Å². The molecule has 2 nitrogen and oxygen atoms in total. The highest BCUT2D eigenvalue weighted by Crippen LogP contribution is 2.28. The molecular weight excluding hydrogens is 319 g/mol. The second kappa shape index (κ2) is 6.53. The van der Waals surface area contributed by atoms with Gasteiger partial charge in [-0.1, -0.05) is 30.3 Å². The Morgan fingerprint density at radius 3 is 2.65 bits per heavy atom. The Bertz CT molecular complexity index is 635. The molecule has 0 aliphatic rings. The maximum atomic E-state index is 13.6. The van der Waals surface area contributed by atoms with E-state index in [0.29, 0.717) is 16.6 Å². The minimum absolute atomic E-state index is 0.152. The van der Waals surface area contributed by atoms with Gasteiger partial charge in [0.25, 0.3) is 0 Å². The number of benzene rings is 2. The lowest BCUT2D eigenvalue weighted by molar-refractivity contribution is 0.620. The summed E-state index contributed by atoms with van der Waals surface area (Å²) in [6.07, 6.45) is 0.321. The van der Waals surface area contributed by atoms with Gasteiger partial charge in [0.15, 0.2) is 0 Å². The van der Waals surface area contributed by atoms with Crippen LogP contribution in [0.25, 0.3) is 0 Å². The number of nitrogens with zero attached hydrogens (tertiary/aromatic N) is 1. The molecule has 1 atom stereocenters. The summed E-state index contributed by atoms with van der Waals surface area (Å²) >= 11 is 3.17. The van der Waals surface area contributed by atoms with Crippen LogP contribution in [-0.4, -0.2) is 0 Å².